The smallest absolute Gasteiger partial charge is 0.175 e. The third kappa shape index (κ3) is 2.25. The number of fused-ring (bicyclic) bond motifs is 1. The quantitative estimate of drug-likeness (QED) is 0.493. The molecule has 0 saturated carbocycles. The van der Waals surface area contributed by atoms with Crippen LogP contribution in [0.3, 0.4) is 0 Å². The van der Waals surface area contributed by atoms with E-state index < -0.39 is 0 Å². The summed E-state index contributed by atoms with van der Waals surface area (Å²) < 4.78 is 11.8. The molecule has 0 radical (unpaired) electrons. The van der Waals surface area contributed by atoms with Gasteiger partial charge in [-0.1, -0.05) is 16.8 Å². The van der Waals surface area contributed by atoms with E-state index in [-0.39, 0.29) is 5.17 Å². The molecule has 0 unspecified atom stereocenters. The van der Waals surface area contributed by atoms with E-state index in [0.29, 0.717) is 30.3 Å². The second kappa shape index (κ2) is 4.93. The molecule has 1 aliphatic heterocycles. The molecule has 0 fully saturated rings. The lowest BCUT2D eigenvalue weighted by Crippen LogP contribution is -1.97. The van der Waals surface area contributed by atoms with Crippen LogP contribution in [0.4, 0.5) is 0 Å². The van der Waals surface area contributed by atoms with E-state index >= 15 is 0 Å². The molecule has 16 heavy (non-hydrogen) atoms. The summed E-state index contributed by atoms with van der Waals surface area (Å²) in [5.41, 5.74) is 0.570. The third-order valence-corrected chi connectivity index (χ3v) is 3.01. The monoisotopic (exact) mass is 305 g/mol. The summed E-state index contributed by atoms with van der Waals surface area (Å²) in [5.74, 6) is 1.26. The number of halogens is 2. The highest BCUT2D eigenvalue weighted by atomic mass is 79.9. The molecule has 0 spiro atoms. The Bertz CT molecular complexity index is 436. The first kappa shape index (κ1) is 11.5. The number of ether oxygens (including phenoxy) is 2. The maximum absolute atomic E-state index is 8.61. The number of nitrogens with zero attached hydrogens (tertiary/aromatic N) is 1. The van der Waals surface area contributed by atoms with Crippen molar-refractivity contribution in [1.82, 2.24) is 0 Å². The van der Waals surface area contributed by atoms with Gasteiger partial charge in [0.1, 0.15) is 0 Å². The molecule has 0 atom stereocenters. The summed E-state index contributed by atoms with van der Waals surface area (Å²) in [6, 6.07) is 3.41. The molecule has 4 nitrogen and oxygen atoms in total. The lowest BCUT2D eigenvalue weighted by molar-refractivity contribution is 0.296. The summed E-state index contributed by atoms with van der Waals surface area (Å²) in [4.78, 5) is 0. The second-order valence-electron chi connectivity index (χ2n) is 3.23. The van der Waals surface area contributed by atoms with Crippen molar-refractivity contribution in [2.24, 2.45) is 5.16 Å². The summed E-state index contributed by atoms with van der Waals surface area (Å²) >= 11 is 9.09. The fourth-order valence-electron chi connectivity index (χ4n) is 1.41. The highest BCUT2D eigenvalue weighted by molar-refractivity contribution is 9.10. The van der Waals surface area contributed by atoms with Gasteiger partial charge in [-0.2, -0.15) is 0 Å². The Balaban J connectivity index is 2.47. The minimum Gasteiger partial charge on any atom is -0.489 e. The topological polar surface area (TPSA) is 51.1 Å². The molecule has 86 valence electrons. The van der Waals surface area contributed by atoms with Crippen molar-refractivity contribution >= 4 is 32.7 Å². The zero-order valence-electron chi connectivity index (χ0n) is 8.24. The van der Waals surface area contributed by atoms with Crippen molar-refractivity contribution < 1.29 is 14.7 Å². The zero-order valence-corrected chi connectivity index (χ0v) is 10.6. The van der Waals surface area contributed by atoms with Crippen LogP contribution in [-0.2, 0) is 0 Å². The van der Waals surface area contributed by atoms with Crippen molar-refractivity contribution in [3.05, 3.63) is 22.2 Å². The summed E-state index contributed by atoms with van der Waals surface area (Å²) in [5, 5.41) is 11.6. The normalized spacial score (nSPS) is 15.8. The van der Waals surface area contributed by atoms with Crippen LogP contribution >= 0.6 is 27.5 Å². The predicted octanol–water partition coefficient (Wildman–Crippen LogP) is 2.99. The van der Waals surface area contributed by atoms with Crippen LogP contribution in [0.5, 0.6) is 11.5 Å². The average Bonchev–Trinajstić information content (AvgIpc) is 2.53. The van der Waals surface area contributed by atoms with E-state index in [1.54, 1.807) is 12.1 Å². The van der Waals surface area contributed by atoms with Gasteiger partial charge in [-0.05, 0) is 28.1 Å². The Morgan fingerprint density at radius 2 is 2.12 bits per heavy atom. The molecule has 6 heteroatoms. The first-order chi connectivity index (χ1) is 7.72. The Morgan fingerprint density at radius 3 is 2.88 bits per heavy atom. The zero-order chi connectivity index (χ0) is 11.5. The molecule has 0 saturated heterocycles. The SMILES string of the molecule is O/N=C(/Cl)c1cc(Br)c2c(c1)OCCCO2. The summed E-state index contributed by atoms with van der Waals surface area (Å²) in [6.45, 7) is 1.21. The fourth-order valence-corrected chi connectivity index (χ4v) is 2.07. The second-order valence-corrected chi connectivity index (χ2v) is 4.44. The molecule has 1 N–H and O–H groups in total. The first-order valence-corrected chi connectivity index (χ1v) is 5.86. The van der Waals surface area contributed by atoms with Crippen molar-refractivity contribution in [2.75, 3.05) is 13.2 Å². The van der Waals surface area contributed by atoms with Crippen molar-refractivity contribution in [2.45, 2.75) is 6.42 Å². The predicted molar refractivity (Wildman–Crippen MR) is 63.9 cm³/mol. The summed E-state index contributed by atoms with van der Waals surface area (Å²) in [6.07, 6.45) is 0.832. The maximum Gasteiger partial charge on any atom is 0.175 e. The van der Waals surface area contributed by atoms with Crippen LogP contribution in [0.25, 0.3) is 0 Å². The summed E-state index contributed by atoms with van der Waals surface area (Å²) in [7, 11) is 0. The van der Waals surface area contributed by atoms with E-state index in [2.05, 4.69) is 21.1 Å². The first-order valence-electron chi connectivity index (χ1n) is 4.69. The third-order valence-electron chi connectivity index (χ3n) is 2.13. The number of rotatable bonds is 1. The molecule has 1 aliphatic rings. The average molecular weight is 307 g/mol. The Kier molecular flexibility index (Phi) is 3.56. The van der Waals surface area contributed by atoms with E-state index in [0.717, 1.165) is 10.9 Å². The van der Waals surface area contributed by atoms with E-state index in [9.17, 15) is 0 Å². The van der Waals surface area contributed by atoms with Gasteiger partial charge in [-0.25, -0.2) is 0 Å². The van der Waals surface area contributed by atoms with Crippen LogP contribution in [0.2, 0.25) is 0 Å². The number of hydrogen-bond donors (Lipinski definition) is 1. The highest BCUT2D eigenvalue weighted by Crippen LogP contribution is 2.38. The number of hydrogen-bond acceptors (Lipinski definition) is 4. The minimum atomic E-state index is 0.0105. The standard InChI is InChI=1S/C10H9BrClNO3/c11-7-4-6(10(12)13-14)5-8-9(7)16-3-1-2-15-8/h4-5,14H,1-3H2/b13-10+. The Labute approximate surface area is 106 Å². The maximum atomic E-state index is 8.61. The molecule has 0 aliphatic carbocycles. The molecule has 0 aromatic heterocycles. The van der Waals surface area contributed by atoms with Gasteiger partial charge in [0, 0.05) is 12.0 Å². The lowest BCUT2D eigenvalue weighted by atomic mass is 10.2. The number of benzene rings is 1. The molecule has 0 amide bonds. The van der Waals surface area contributed by atoms with E-state index in [1.165, 1.54) is 0 Å². The van der Waals surface area contributed by atoms with Gasteiger partial charge >= 0.3 is 0 Å². The minimum absolute atomic E-state index is 0.0105. The molecule has 1 heterocycles. The molecule has 0 bridgehead atoms. The largest absolute Gasteiger partial charge is 0.489 e. The molecular weight excluding hydrogens is 297 g/mol. The van der Waals surface area contributed by atoms with E-state index in [4.69, 9.17) is 26.3 Å². The number of oxime groups is 1. The van der Waals surface area contributed by atoms with E-state index in [1.807, 2.05) is 0 Å². The van der Waals surface area contributed by atoms with Crippen LogP contribution < -0.4 is 9.47 Å². The van der Waals surface area contributed by atoms with Gasteiger partial charge < -0.3 is 14.7 Å². The van der Waals surface area contributed by atoms with Crippen LogP contribution in [-0.4, -0.2) is 23.6 Å². The van der Waals surface area contributed by atoms with Gasteiger partial charge in [0.15, 0.2) is 16.7 Å². The molecule has 1 aromatic rings. The van der Waals surface area contributed by atoms with Crippen molar-refractivity contribution in [1.29, 1.82) is 0 Å². The van der Waals surface area contributed by atoms with Gasteiger partial charge in [-0.15, -0.1) is 0 Å². The van der Waals surface area contributed by atoms with Crippen LogP contribution in [0.1, 0.15) is 12.0 Å². The highest BCUT2D eigenvalue weighted by Gasteiger charge is 2.16. The Hall–Kier alpha value is -0.940. The van der Waals surface area contributed by atoms with Crippen molar-refractivity contribution in [3.63, 3.8) is 0 Å². The van der Waals surface area contributed by atoms with Crippen molar-refractivity contribution in [3.8, 4) is 11.5 Å². The van der Waals surface area contributed by atoms with Gasteiger partial charge in [0.2, 0.25) is 0 Å². The van der Waals surface area contributed by atoms with Gasteiger partial charge in [-0.3, -0.25) is 0 Å². The molecule has 2 rings (SSSR count). The van der Waals surface area contributed by atoms with Crippen LogP contribution in [0, 0.1) is 0 Å². The molecular formula is C10H9BrClNO3. The van der Waals surface area contributed by atoms with Gasteiger partial charge in [0.25, 0.3) is 0 Å². The fraction of sp³-hybridized carbons (Fsp3) is 0.300. The molecule has 1 aromatic carbocycles. The Morgan fingerprint density at radius 1 is 1.38 bits per heavy atom. The van der Waals surface area contributed by atoms with Crippen LogP contribution in [0.15, 0.2) is 21.8 Å². The van der Waals surface area contributed by atoms with Gasteiger partial charge in [0.05, 0.1) is 17.7 Å². The lowest BCUT2D eigenvalue weighted by Gasteiger charge is -2.10.